The molecule has 3 heterocycles. The Kier molecular flexibility index (Phi) is 7.58. The van der Waals surface area contributed by atoms with Crippen molar-refractivity contribution in [3.63, 3.8) is 0 Å². The highest BCUT2D eigenvalue weighted by Crippen LogP contribution is 2.25. The largest absolute Gasteiger partial charge is 0.340 e. The van der Waals surface area contributed by atoms with Crippen LogP contribution < -0.4 is 5.32 Å². The summed E-state index contributed by atoms with van der Waals surface area (Å²) < 4.78 is 0. The number of carbonyl (C=O) groups is 1. The van der Waals surface area contributed by atoms with Crippen LogP contribution in [0.1, 0.15) is 44.1 Å². The summed E-state index contributed by atoms with van der Waals surface area (Å²) in [7, 11) is 0. The van der Waals surface area contributed by atoms with Gasteiger partial charge in [0.1, 0.15) is 0 Å². The summed E-state index contributed by atoms with van der Waals surface area (Å²) in [6.45, 7) is 9.57. The maximum Gasteiger partial charge on any atom is 0.222 e. The molecule has 29 heavy (non-hydrogen) atoms. The van der Waals surface area contributed by atoms with Crippen molar-refractivity contribution in [1.29, 1.82) is 0 Å². The molecule has 0 saturated carbocycles. The van der Waals surface area contributed by atoms with Gasteiger partial charge >= 0.3 is 0 Å². The standard InChI is InChI=1S/C24H38N4O/c29-24(27-17-15-26(16-18-27)19-21-5-2-1-3-6-21)9-8-22-7-4-14-28(20-22)23-10-12-25-13-11-23/h1-3,5-6,22-23,25H,4,7-20H2. The molecule has 1 unspecified atom stereocenters. The average Bonchev–Trinajstić information content (AvgIpc) is 2.79. The van der Waals surface area contributed by atoms with Gasteiger partial charge in [0.25, 0.3) is 0 Å². The Morgan fingerprint density at radius 3 is 2.48 bits per heavy atom. The second kappa shape index (κ2) is 10.6. The number of piperazine rings is 1. The van der Waals surface area contributed by atoms with Crippen LogP contribution in [0, 0.1) is 5.92 Å². The number of nitrogens with zero attached hydrogens (tertiary/aromatic N) is 3. The van der Waals surface area contributed by atoms with Gasteiger partial charge in [0, 0.05) is 51.7 Å². The van der Waals surface area contributed by atoms with E-state index in [0.717, 1.165) is 51.6 Å². The Labute approximate surface area is 176 Å². The smallest absolute Gasteiger partial charge is 0.222 e. The highest BCUT2D eigenvalue weighted by atomic mass is 16.2. The zero-order valence-electron chi connectivity index (χ0n) is 17.9. The third-order valence-corrected chi connectivity index (χ3v) is 7.12. The van der Waals surface area contributed by atoms with E-state index in [0.29, 0.717) is 11.8 Å². The lowest BCUT2D eigenvalue weighted by Gasteiger charge is -2.40. The van der Waals surface area contributed by atoms with Crippen LogP contribution in [0.25, 0.3) is 0 Å². The molecule has 0 aliphatic carbocycles. The van der Waals surface area contributed by atoms with Crippen molar-refractivity contribution in [3.8, 4) is 0 Å². The number of rotatable bonds is 6. The van der Waals surface area contributed by atoms with E-state index in [2.05, 4.69) is 50.3 Å². The molecule has 3 aliphatic rings. The fraction of sp³-hybridized carbons (Fsp3) is 0.708. The Bertz CT molecular complexity index is 623. The van der Waals surface area contributed by atoms with Gasteiger partial charge < -0.3 is 15.1 Å². The molecule has 0 spiro atoms. The third kappa shape index (κ3) is 6.03. The van der Waals surface area contributed by atoms with Crippen LogP contribution in [0.15, 0.2) is 30.3 Å². The fourth-order valence-electron chi connectivity index (χ4n) is 5.32. The topological polar surface area (TPSA) is 38.8 Å². The summed E-state index contributed by atoms with van der Waals surface area (Å²) in [4.78, 5) is 20.1. The average molecular weight is 399 g/mol. The number of carbonyl (C=O) groups excluding carboxylic acids is 1. The van der Waals surface area contributed by atoms with Gasteiger partial charge in [0.05, 0.1) is 0 Å². The number of amides is 1. The summed E-state index contributed by atoms with van der Waals surface area (Å²) in [6, 6.07) is 11.4. The second-order valence-electron chi connectivity index (χ2n) is 9.17. The highest BCUT2D eigenvalue weighted by Gasteiger charge is 2.28. The minimum absolute atomic E-state index is 0.378. The summed E-state index contributed by atoms with van der Waals surface area (Å²) in [5, 5.41) is 3.48. The highest BCUT2D eigenvalue weighted by molar-refractivity contribution is 5.76. The normalized spacial score (nSPS) is 25.2. The first-order chi connectivity index (χ1) is 14.3. The molecule has 5 heteroatoms. The lowest BCUT2D eigenvalue weighted by Crippen LogP contribution is -2.49. The van der Waals surface area contributed by atoms with Crippen molar-refractivity contribution < 1.29 is 4.79 Å². The monoisotopic (exact) mass is 398 g/mol. The van der Waals surface area contributed by atoms with E-state index >= 15 is 0 Å². The molecular formula is C24H38N4O. The molecule has 1 amide bonds. The maximum absolute atomic E-state index is 12.8. The van der Waals surface area contributed by atoms with E-state index in [9.17, 15) is 4.79 Å². The lowest BCUT2D eigenvalue weighted by molar-refractivity contribution is -0.133. The molecule has 0 radical (unpaired) electrons. The summed E-state index contributed by atoms with van der Waals surface area (Å²) >= 11 is 0. The van der Waals surface area contributed by atoms with E-state index in [1.54, 1.807) is 0 Å². The Morgan fingerprint density at radius 1 is 0.966 bits per heavy atom. The van der Waals surface area contributed by atoms with E-state index in [1.165, 1.54) is 57.4 Å². The van der Waals surface area contributed by atoms with E-state index in [-0.39, 0.29) is 0 Å². The SMILES string of the molecule is O=C(CCC1CCCN(C2CCNCC2)C1)N1CCN(Cc2ccccc2)CC1. The molecule has 4 rings (SSSR count). The number of nitrogens with one attached hydrogen (secondary N) is 1. The number of piperidine rings is 2. The Hall–Kier alpha value is -1.43. The van der Waals surface area contributed by atoms with Gasteiger partial charge in [-0.15, -0.1) is 0 Å². The van der Waals surface area contributed by atoms with Crippen molar-refractivity contribution >= 4 is 5.91 Å². The van der Waals surface area contributed by atoms with Crippen LogP contribution in [-0.4, -0.2) is 79.0 Å². The molecule has 3 fully saturated rings. The van der Waals surface area contributed by atoms with E-state index < -0.39 is 0 Å². The third-order valence-electron chi connectivity index (χ3n) is 7.12. The maximum atomic E-state index is 12.8. The van der Waals surface area contributed by atoms with Crippen LogP contribution >= 0.6 is 0 Å². The van der Waals surface area contributed by atoms with Gasteiger partial charge in [-0.25, -0.2) is 0 Å². The molecular weight excluding hydrogens is 360 g/mol. The Balaban J connectivity index is 1.16. The molecule has 1 N–H and O–H groups in total. The zero-order valence-corrected chi connectivity index (χ0v) is 17.9. The molecule has 3 saturated heterocycles. The first-order valence-corrected chi connectivity index (χ1v) is 11.8. The zero-order chi connectivity index (χ0) is 19.9. The molecule has 1 atom stereocenters. The minimum atomic E-state index is 0.378. The van der Waals surface area contributed by atoms with E-state index in [4.69, 9.17) is 0 Å². The minimum Gasteiger partial charge on any atom is -0.340 e. The predicted molar refractivity (Wildman–Crippen MR) is 118 cm³/mol. The predicted octanol–water partition coefficient (Wildman–Crippen LogP) is 2.58. The van der Waals surface area contributed by atoms with Gasteiger partial charge in [-0.05, 0) is 63.2 Å². The van der Waals surface area contributed by atoms with E-state index in [1.807, 2.05) is 0 Å². The van der Waals surface area contributed by atoms with Crippen molar-refractivity contribution in [2.45, 2.75) is 51.1 Å². The molecule has 1 aromatic carbocycles. The van der Waals surface area contributed by atoms with Crippen molar-refractivity contribution in [2.75, 3.05) is 52.4 Å². The van der Waals surface area contributed by atoms with Crippen molar-refractivity contribution in [2.24, 2.45) is 5.92 Å². The molecule has 5 nitrogen and oxygen atoms in total. The Morgan fingerprint density at radius 2 is 1.72 bits per heavy atom. The summed E-state index contributed by atoms with van der Waals surface area (Å²) in [5.41, 5.74) is 1.36. The summed E-state index contributed by atoms with van der Waals surface area (Å²) in [6.07, 6.45) is 7.01. The first-order valence-electron chi connectivity index (χ1n) is 11.8. The number of hydrogen-bond acceptors (Lipinski definition) is 4. The molecule has 0 aromatic heterocycles. The first kappa shape index (κ1) is 20.8. The van der Waals surface area contributed by atoms with Gasteiger partial charge in [0.2, 0.25) is 5.91 Å². The van der Waals surface area contributed by atoms with Gasteiger partial charge in [0.15, 0.2) is 0 Å². The van der Waals surface area contributed by atoms with Crippen LogP contribution in [0.2, 0.25) is 0 Å². The van der Waals surface area contributed by atoms with Gasteiger partial charge in [-0.1, -0.05) is 30.3 Å². The van der Waals surface area contributed by atoms with Crippen LogP contribution in [-0.2, 0) is 11.3 Å². The number of hydrogen-bond donors (Lipinski definition) is 1. The molecule has 3 aliphatic heterocycles. The number of benzene rings is 1. The fourth-order valence-corrected chi connectivity index (χ4v) is 5.32. The van der Waals surface area contributed by atoms with Crippen LogP contribution in [0.5, 0.6) is 0 Å². The van der Waals surface area contributed by atoms with Gasteiger partial charge in [-0.2, -0.15) is 0 Å². The summed E-state index contributed by atoms with van der Waals surface area (Å²) in [5.74, 6) is 1.09. The van der Waals surface area contributed by atoms with Crippen LogP contribution in [0.3, 0.4) is 0 Å². The number of likely N-dealkylation sites (tertiary alicyclic amines) is 1. The molecule has 1 aromatic rings. The van der Waals surface area contributed by atoms with Crippen molar-refractivity contribution in [3.05, 3.63) is 35.9 Å². The van der Waals surface area contributed by atoms with Gasteiger partial charge in [-0.3, -0.25) is 9.69 Å². The second-order valence-corrected chi connectivity index (χ2v) is 9.17. The molecule has 0 bridgehead atoms. The molecule has 160 valence electrons. The lowest BCUT2D eigenvalue weighted by atomic mass is 9.90. The van der Waals surface area contributed by atoms with Crippen molar-refractivity contribution in [1.82, 2.24) is 20.0 Å². The van der Waals surface area contributed by atoms with Crippen LogP contribution in [0.4, 0.5) is 0 Å². The quantitative estimate of drug-likeness (QED) is 0.799.